The van der Waals surface area contributed by atoms with Crippen LogP contribution in [0.4, 0.5) is 10.1 Å². The molecule has 1 fully saturated rings. The maximum Gasteiger partial charge on any atom is 0.240 e. The molecule has 0 bridgehead atoms. The van der Waals surface area contributed by atoms with E-state index < -0.39 is 10.0 Å². The van der Waals surface area contributed by atoms with Gasteiger partial charge in [0.1, 0.15) is 5.82 Å². The summed E-state index contributed by atoms with van der Waals surface area (Å²) in [6.45, 7) is 4.35. The lowest BCUT2D eigenvalue weighted by Crippen LogP contribution is -2.48. The molecule has 3 aromatic rings. The number of sulfonamides is 1. The highest BCUT2D eigenvalue weighted by molar-refractivity contribution is 7.89. The third kappa shape index (κ3) is 5.50. The van der Waals surface area contributed by atoms with Gasteiger partial charge in [-0.25, -0.2) is 17.5 Å². The first-order valence-corrected chi connectivity index (χ1v) is 11.9. The molecule has 1 saturated heterocycles. The summed E-state index contributed by atoms with van der Waals surface area (Å²) in [7, 11) is -3.54. The van der Waals surface area contributed by atoms with Gasteiger partial charge in [-0.05, 0) is 47.5 Å². The van der Waals surface area contributed by atoms with Crippen molar-refractivity contribution in [3.63, 3.8) is 0 Å². The van der Waals surface area contributed by atoms with Gasteiger partial charge in [0.2, 0.25) is 10.0 Å². The van der Waals surface area contributed by atoms with Crippen LogP contribution in [0, 0.1) is 5.82 Å². The molecule has 0 saturated carbocycles. The Labute approximate surface area is 183 Å². The predicted molar refractivity (Wildman–Crippen MR) is 122 cm³/mol. The van der Waals surface area contributed by atoms with E-state index in [2.05, 4.69) is 14.5 Å². The Hall–Kier alpha value is -2.74. The zero-order valence-electron chi connectivity index (χ0n) is 17.2. The fourth-order valence-corrected chi connectivity index (χ4v) is 4.78. The monoisotopic (exact) mass is 439 g/mol. The second-order valence-electron chi connectivity index (χ2n) is 7.59. The van der Waals surface area contributed by atoms with Crippen molar-refractivity contribution in [2.75, 3.05) is 44.2 Å². The van der Waals surface area contributed by atoms with E-state index >= 15 is 0 Å². The molecule has 0 atom stereocenters. The Bertz CT molecular complexity index is 1080. The van der Waals surface area contributed by atoms with Crippen LogP contribution in [0.25, 0.3) is 11.1 Å². The van der Waals surface area contributed by atoms with Crippen LogP contribution in [0.5, 0.6) is 0 Å². The number of anilines is 1. The number of halogens is 1. The van der Waals surface area contributed by atoms with E-state index in [1.165, 1.54) is 12.1 Å². The van der Waals surface area contributed by atoms with E-state index in [9.17, 15) is 12.8 Å². The Morgan fingerprint density at radius 2 is 1.39 bits per heavy atom. The van der Waals surface area contributed by atoms with Crippen molar-refractivity contribution in [2.24, 2.45) is 0 Å². The quantitative estimate of drug-likeness (QED) is 0.611. The highest BCUT2D eigenvalue weighted by Gasteiger charge is 2.19. The van der Waals surface area contributed by atoms with E-state index in [-0.39, 0.29) is 10.7 Å². The van der Waals surface area contributed by atoms with Gasteiger partial charge in [-0.2, -0.15) is 0 Å². The van der Waals surface area contributed by atoms with E-state index in [0.717, 1.165) is 43.0 Å². The first kappa shape index (κ1) is 21.5. The number of benzene rings is 3. The summed E-state index contributed by atoms with van der Waals surface area (Å²) < 4.78 is 41.0. The molecule has 0 amide bonds. The van der Waals surface area contributed by atoms with Crippen LogP contribution in [-0.4, -0.2) is 52.6 Å². The maximum atomic E-state index is 13.1. The summed E-state index contributed by atoms with van der Waals surface area (Å²) in [6.07, 6.45) is 0. The predicted octanol–water partition coefficient (Wildman–Crippen LogP) is 3.59. The molecule has 1 heterocycles. The molecule has 4 rings (SSSR count). The van der Waals surface area contributed by atoms with Crippen molar-refractivity contribution in [1.29, 1.82) is 0 Å². The molecule has 1 N–H and O–H groups in total. The Kier molecular flexibility index (Phi) is 6.65. The lowest BCUT2D eigenvalue weighted by atomic mass is 10.1. The van der Waals surface area contributed by atoms with Crippen LogP contribution in [0.2, 0.25) is 0 Å². The molecule has 1 aliphatic rings. The third-order valence-electron chi connectivity index (χ3n) is 5.56. The first-order valence-electron chi connectivity index (χ1n) is 10.4. The number of piperazine rings is 1. The molecule has 3 aromatic carbocycles. The molecule has 0 radical (unpaired) electrons. The molecule has 0 aromatic heterocycles. The summed E-state index contributed by atoms with van der Waals surface area (Å²) in [5.74, 6) is -0.232. The molecule has 1 aliphatic heterocycles. The average Bonchev–Trinajstić information content (AvgIpc) is 2.81. The second-order valence-corrected chi connectivity index (χ2v) is 9.36. The van der Waals surface area contributed by atoms with Gasteiger partial charge in [-0.3, -0.25) is 4.90 Å². The van der Waals surface area contributed by atoms with Crippen molar-refractivity contribution in [1.82, 2.24) is 9.62 Å². The molecule has 31 heavy (non-hydrogen) atoms. The van der Waals surface area contributed by atoms with Crippen molar-refractivity contribution >= 4 is 15.7 Å². The Morgan fingerprint density at radius 1 is 0.774 bits per heavy atom. The molecule has 162 valence electrons. The van der Waals surface area contributed by atoms with Crippen LogP contribution in [0.3, 0.4) is 0 Å². The summed E-state index contributed by atoms with van der Waals surface area (Å²) in [5.41, 5.74) is 3.05. The number of rotatable bonds is 7. The smallest absolute Gasteiger partial charge is 0.240 e. The topological polar surface area (TPSA) is 52.7 Å². The SMILES string of the molecule is O=S(=O)(NCCN1CCN(c2ccc(F)cc2)CC1)c1ccc(-c2ccccc2)cc1. The first-order chi connectivity index (χ1) is 15.0. The van der Waals surface area contributed by atoms with Crippen molar-refractivity contribution in [3.8, 4) is 11.1 Å². The lowest BCUT2D eigenvalue weighted by molar-refractivity contribution is 0.262. The van der Waals surface area contributed by atoms with Gasteiger partial charge in [0.15, 0.2) is 0 Å². The molecule has 7 heteroatoms. The van der Waals surface area contributed by atoms with Crippen LogP contribution in [-0.2, 0) is 10.0 Å². The standard InChI is InChI=1S/C24H26FN3O2S/c25-22-8-10-23(11-9-22)28-18-16-27(17-19-28)15-14-26-31(29,30)24-12-6-21(7-13-24)20-4-2-1-3-5-20/h1-13,26H,14-19H2. The van der Waals surface area contributed by atoms with Gasteiger partial charge in [0.05, 0.1) is 4.90 Å². The number of nitrogens with one attached hydrogen (secondary N) is 1. The minimum atomic E-state index is -3.54. The third-order valence-corrected chi connectivity index (χ3v) is 7.03. The summed E-state index contributed by atoms with van der Waals surface area (Å²) in [5, 5.41) is 0. The fraction of sp³-hybridized carbons (Fsp3) is 0.250. The second kappa shape index (κ2) is 9.60. The van der Waals surface area contributed by atoms with E-state index in [1.54, 1.807) is 24.3 Å². The summed E-state index contributed by atoms with van der Waals surface area (Å²) in [6, 6.07) is 23.4. The van der Waals surface area contributed by atoms with Crippen LogP contribution in [0.1, 0.15) is 0 Å². The van der Waals surface area contributed by atoms with Gasteiger partial charge in [0, 0.05) is 45.0 Å². The minimum absolute atomic E-state index is 0.232. The molecule has 5 nitrogen and oxygen atoms in total. The average molecular weight is 440 g/mol. The Balaban J connectivity index is 1.26. The Morgan fingerprint density at radius 3 is 2.03 bits per heavy atom. The molecular formula is C24H26FN3O2S. The van der Waals surface area contributed by atoms with Gasteiger partial charge in [-0.1, -0.05) is 42.5 Å². The lowest BCUT2D eigenvalue weighted by Gasteiger charge is -2.36. The maximum absolute atomic E-state index is 13.1. The largest absolute Gasteiger partial charge is 0.369 e. The number of hydrogen-bond acceptors (Lipinski definition) is 4. The summed E-state index contributed by atoms with van der Waals surface area (Å²) >= 11 is 0. The molecule has 0 unspecified atom stereocenters. The number of hydrogen-bond donors (Lipinski definition) is 1. The van der Waals surface area contributed by atoms with Crippen LogP contribution in [0.15, 0.2) is 83.8 Å². The van der Waals surface area contributed by atoms with Crippen molar-refractivity contribution in [2.45, 2.75) is 4.90 Å². The highest BCUT2D eigenvalue weighted by atomic mass is 32.2. The van der Waals surface area contributed by atoms with E-state index in [0.29, 0.717) is 13.1 Å². The molecular weight excluding hydrogens is 413 g/mol. The zero-order chi connectivity index (χ0) is 21.7. The van der Waals surface area contributed by atoms with E-state index in [4.69, 9.17) is 0 Å². The highest BCUT2D eigenvalue weighted by Crippen LogP contribution is 2.21. The number of nitrogens with zero attached hydrogens (tertiary/aromatic N) is 2. The van der Waals surface area contributed by atoms with Gasteiger partial charge in [0.25, 0.3) is 0 Å². The van der Waals surface area contributed by atoms with Gasteiger partial charge in [-0.15, -0.1) is 0 Å². The normalized spacial score (nSPS) is 15.2. The van der Waals surface area contributed by atoms with Crippen LogP contribution < -0.4 is 9.62 Å². The molecule has 0 spiro atoms. The fourth-order valence-electron chi connectivity index (χ4n) is 3.76. The zero-order valence-corrected chi connectivity index (χ0v) is 18.1. The van der Waals surface area contributed by atoms with Crippen molar-refractivity contribution in [3.05, 3.63) is 84.7 Å². The minimum Gasteiger partial charge on any atom is -0.369 e. The van der Waals surface area contributed by atoms with E-state index in [1.807, 2.05) is 42.5 Å². The van der Waals surface area contributed by atoms with Crippen LogP contribution >= 0.6 is 0 Å². The van der Waals surface area contributed by atoms with Gasteiger partial charge < -0.3 is 4.90 Å². The molecule has 0 aliphatic carbocycles. The summed E-state index contributed by atoms with van der Waals surface area (Å²) in [4.78, 5) is 4.73. The van der Waals surface area contributed by atoms with Gasteiger partial charge >= 0.3 is 0 Å². The van der Waals surface area contributed by atoms with Crippen molar-refractivity contribution < 1.29 is 12.8 Å².